The summed E-state index contributed by atoms with van der Waals surface area (Å²) in [6.07, 6.45) is -4.93. The molecule has 0 aromatic heterocycles. The number of azide groups is 1. The number of hydroxylamine groups is 2. The van der Waals surface area contributed by atoms with E-state index in [0.29, 0.717) is 43.5 Å². The monoisotopic (exact) mass is 508 g/mol. The van der Waals surface area contributed by atoms with E-state index in [2.05, 4.69) is 14.9 Å². The minimum atomic E-state index is -4.79. The molecule has 0 N–H and O–H groups in total. The van der Waals surface area contributed by atoms with Crippen molar-refractivity contribution in [2.24, 2.45) is 5.11 Å². The number of thioether (sulfide) groups is 1. The van der Waals surface area contributed by atoms with Gasteiger partial charge >= 0.3 is 12.3 Å². The van der Waals surface area contributed by atoms with Crippen LogP contribution in [0.3, 0.4) is 0 Å². The Bertz CT molecular complexity index is 881. The summed E-state index contributed by atoms with van der Waals surface area (Å²) in [7, 11) is 0. The van der Waals surface area contributed by atoms with Crippen LogP contribution in [0.4, 0.5) is 22.4 Å². The molecule has 0 aliphatic heterocycles. The molecule has 0 saturated carbocycles. The van der Waals surface area contributed by atoms with E-state index in [1.54, 1.807) is 6.92 Å². The molecule has 9 nitrogen and oxygen atoms in total. The van der Waals surface area contributed by atoms with Crippen molar-refractivity contribution in [2.75, 3.05) is 12.3 Å². The number of unbranched alkanes of at least 4 members (excludes halogenated alkanes) is 2. The molecule has 34 heavy (non-hydrogen) atoms. The molecule has 2 amide bonds. The highest BCUT2D eigenvalue weighted by Gasteiger charge is 2.34. The number of rotatable bonds is 13. The average molecular weight is 508 g/mol. The first-order valence-corrected chi connectivity index (χ1v) is 11.3. The van der Waals surface area contributed by atoms with E-state index < -0.39 is 35.7 Å². The zero-order valence-corrected chi connectivity index (χ0v) is 19.1. The standard InChI is InChI=1S/C20H24F4N4O5S/c1-2-6-18(30)28(13-29)33-19(31)32-15(7-4-3-5-10-26-27-25)12-34-17-9-8-14(21)11-16(17)20(22,23)24/h8-9,11,13,15H,2-7,10,12H2,1H3. The maximum atomic E-state index is 13.3. The largest absolute Gasteiger partial charge is 0.534 e. The summed E-state index contributed by atoms with van der Waals surface area (Å²) in [6, 6.07) is 2.25. The van der Waals surface area contributed by atoms with Crippen molar-refractivity contribution in [1.82, 2.24) is 5.06 Å². The number of nitrogens with zero attached hydrogens (tertiary/aromatic N) is 4. The van der Waals surface area contributed by atoms with Crippen molar-refractivity contribution in [3.63, 3.8) is 0 Å². The Kier molecular flexibility index (Phi) is 12.8. The molecule has 0 radical (unpaired) electrons. The number of carbonyl (C=O) groups excluding carboxylic acids is 3. The number of carbonyl (C=O) groups is 3. The maximum Gasteiger partial charge on any atom is 0.534 e. The smallest absolute Gasteiger partial charge is 0.428 e. The summed E-state index contributed by atoms with van der Waals surface area (Å²) in [5.41, 5.74) is 7.12. The Balaban J connectivity index is 2.86. The lowest BCUT2D eigenvalue weighted by molar-refractivity contribution is -0.177. The third kappa shape index (κ3) is 10.8. The first kappa shape index (κ1) is 29.0. The molecular formula is C20H24F4N4O5S. The number of hydrogen-bond acceptors (Lipinski definition) is 7. The fourth-order valence-electron chi connectivity index (χ4n) is 2.68. The molecule has 0 aliphatic rings. The molecule has 1 unspecified atom stereocenters. The molecule has 0 heterocycles. The zero-order valence-electron chi connectivity index (χ0n) is 18.3. The minimum Gasteiger partial charge on any atom is -0.428 e. The molecule has 188 valence electrons. The van der Waals surface area contributed by atoms with Gasteiger partial charge in [-0.15, -0.1) is 16.8 Å². The van der Waals surface area contributed by atoms with Crippen LogP contribution in [-0.4, -0.2) is 41.9 Å². The Morgan fingerprint density at radius 1 is 1.29 bits per heavy atom. The molecule has 1 rings (SSSR count). The highest BCUT2D eigenvalue weighted by atomic mass is 32.2. The van der Waals surface area contributed by atoms with Crippen LogP contribution in [0.5, 0.6) is 0 Å². The van der Waals surface area contributed by atoms with Crippen LogP contribution < -0.4 is 0 Å². The molecule has 0 spiro atoms. The van der Waals surface area contributed by atoms with E-state index in [1.807, 2.05) is 0 Å². The first-order valence-electron chi connectivity index (χ1n) is 10.3. The highest BCUT2D eigenvalue weighted by Crippen LogP contribution is 2.37. The number of ether oxygens (including phenoxy) is 1. The SMILES string of the molecule is CCCC(=O)N(C=O)OC(=O)OC(CCCCCN=[N+]=[N-])CSc1ccc(F)cc1C(F)(F)F. The van der Waals surface area contributed by atoms with Gasteiger partial charge in [0.1, 0.15) is 11.9 Å². The van der Waals surface area contributed by atoms with Crippen molar-refractivity contribution in [3.8, 4) is 0 Å². The summed E-state index contributed by atoms with van der Waals surface area (Å²) >= 11 is 0.708. The Labute approximate surface area is 197 Å². The van der Waals surface area contributed by atoms with Crippen molar-refractivity contribution < 1.29 is 41.5 Å². The first-order chi connectivity index (χ1) is 16.1. The molecule has 1 aromatic carbocycles. The van der Waals surface area contributed by atoms with Gasteiger partial charge in [-0.3, -0.25) is 14.4 Å². The van der Waals surface area contributed by atoms with Crippen molar-refractivity contribution in [3.05, 3.63) is 40.0 Å². The van der Waals surface area contributed by atoms with Crippen LogP contribution >= 0.6 is 11.8 Å². The summed E-state index contributed by atoms with van der Waals surface area (Å²) in [5, 5.41) is 3.58. The van der Waals surface area contributed by atoms with Gasteiger partial charge in [0, 0.05) is 28.5 Å². The average Bonchev–Trinajstić information content (AvgIpc) is 2.78. The normalized spacial score (nSPS) is 11.8. The van der Waals surface area contributed by atoms with Crippen molar-refractivity contribution in [2.45, 2.75) is 62.6 Å². The fourth-order valence-corrected chi connectivity index (χ4v) is 3.77. The lowest BCUT2D eigenvalue weighted by atomic mass is 10.1. The predicted octanol–water partition coefficient (Wildman–Crippen LogP) is 6.03. The van der Waals surface area contributed by atoms with Crippen LogP contribution in [0.15, 0.2) is 28.2 Å². The predicted molar refractivity (Wildman–Crippen MR) is 114 cm³/mol. The van der Waals surface area contributed by atoms with Crippen LogP contribution in [0.1, 0.15) is 51.0 Å². The van der Waals surface area contributed by atoms with Crippen LogP contribution in [-0.2, 0) is 25.3 Å². The highest BCUT2D eigenvalue weighted by molar-refractivity contribution is 7.99. The molecule has 14 heteroatoms. The van der Waals surface area contributed by atoms with E-state index >= 15 is 0 Å². The lowest BCUT2D eigenvalue weighted by Crippen LogP contribution is -2.34. The van der Waals surface area contributed by atoms with E-state index in [1.165, 1.54) is 0 Å². The van der Waals surface area contributed by atoms with Crippen molar-refractivity contribution >= 4 is 30.2 Å². The number of benzene rings is 1. The zero-order chi connectivity index (χ0) is 25.6. The minimum absolute atomic E-state index is 0.00679. The van der Waals surface area contributed by atoms with Gasteiger partial charge in [0.15, 0.2) is 0 Å². The fraction of sp³-hybridized carbons (Fsp3) is 0.550. The second-order valence-electron chi connectivity index (χ2n) is 6.91. The number of halogens is 4. The Morgan fingerprint density at radius 2 is 2.03 bits per heavy atom. The Morgan fingerprint density at radius 3 is 2.65 bits per heavy atom. The topological polar surface area (TPSA) is 122 Å². The third-order valence-electron chi connectivity index (χ3n) is 4.26. The van der Waals surface area contributed by atoms with Gasteiger partial charge in [0.2, 0.25) is 0 Å². The maximum absolute atomic E-state index is 13.3. The molecule has 0 aliphatic carbocycles. The number of alkyl halides is 3. The van der Waals surface area contributed by atoms with Crippen LogP contribution in [0.2, 0.25) is 0 Å². The van der Waals surface area contributed by atoms with Crippen LogP contribution in [0.25, 0.3) is 10.4 Å². The number of amides is 2. The summed E-state index contributed by atoms with van der Waals surface area (Å²) in [4.78, 5) is 41.8. The lowest BCUT2D eigenvalue weighted by Gasteiger charge is -2.20. The van der Waals surface area contributed by atoms with Gasteiger partial charge in [-0.25, -0.2) is 9.18 Å². The molecular weight excluding hydrogens is 484 g/mol. The quantitative estimate of drug-likeness (QED) is 0.0369. The van der Waals surface area contributed by atoms with E-state index in [4.69, 9.17) is 10.3 Å². The third-order valence-corrected chi connectivity index (χ3v) is 5.47. The van der Waals surface area contributed by atoms with Gasteiger partial charge in [-0.2, -0.15) is 13.2 Å². The summed E-state index contributed by atoms with van der Waals surface area (Å²) in [5.74, 6) is -1.94. The van der Waals surface area contributed by atoms with Gasteiger partial charge in [-0.05, 0) is 49.4 Å². The van der Waals surface area contributed by atoms with E-state index in [-0.39, 0.29) is 41.5 Å². The molecule has 1 aromatic rings. The van der Waals surface area contributed by atoms with E-state index in [0.717, 1.165) is 12.1 Å². The van der Waals surface area contributed by atoms with Gasteiger partial charge in [0.25, 0.3) is 12.3 Å². The van der Waals surface area contributed by atoms with E-state index in [9.17, 15) is 31.9 Å². The number of imide groups is 1. The van der Waals surface area contributed by atoms with Gasteiger partial charge in [-0.1, -0.05) is 18.5 Å². The Hall–Kier alpha value is -2.99. The van der Waals surface area contributed by atoms with Crippen LogP contribution in [0, 0.1) is 5.82 Å². The second-order valence-corrected chi connectivity index (χ2v) is 7.97. The summed E-state index contributed by atoms with van der Waals surface area (Å²) < 4.78 is 58.2. The summed E-state index contributed by atoms with van der Waals surface area (Å²) in [6.45, 7) is 1.94. The van der Waals surface area contributed by atoms with Gasteiger partial charge < -0.3 is 4.74 Å². The van der Waals surface area contributed by atoms with Crippen molar-refractivity contribution in [1.29, 1.82) is 0 Å². The molecule has 0 fully saturated rings. The molecule has 0 saturated heterocycles. The van der Waals surface area contributed by atoms with Gasteiger partial charge in [0.05, 0.1) is 5.56 Å². The molecule has 0 bridgehead atoms. The molecule has 1 atom stereocenters. The second kappa shape index (κ2) is 15.0. The number of hydrogen-bond donors (Lipinski definition) is 0.